The predicted octanol–water partition coefficient (Wildman–Crippen LogP) is 1.31. The molecule has 1 aliphatic rings. The molecule has 2 rings (SSSR count). The zero-order valence-corrected chi connectivity index (χ0v) is 14.2. The van der Waals surface area contributed by atoms with Gasteiger partial charge in [-0.15, -0.1) is 0 Å². The van der Waals surface area contributed by atoms with Crippen LogP contribution in [0.3, 0.4) is 0 Å². The highest BCUT2D eigenvalue weighted by molar-refractivity contribution is 9.10. The van der Waals surface area contributed by atoms with Gasteiger partial charge < -0.3 is 15.0 Å². The maximum absolute atomic E-state index is 11.8. The number of nitrogens with zero attached hydrogens (tertiary/aromatic N) is 3. The van der Waals surface area contributed by atoms with Crippen molar-refractivity contribution >= 4 is 21.6 Å². The Bertz CT molecular complexity index is 512. The molecule has 0 radical (unpaired) electrons. The van der Waals surface area contributed by atoms with Gasteiger partial charge in [-0.2, -0.15) is 5.10 Å². The van der Waals surface area contributed by atoms with Crippen LogP contribution in [0.4, 0.5) is 5.69 Å². The first-order valence-electron chi connectivity index (χ1n) is 7.28. The van der Waals surface area contributed by atoms with E-state index in [1.165, 1.54) is 17.5 Å². The highest BCUT2D eigenvalue weighted by Gasteiger charge is 2.19. The number of nitrogens with one attached hydrogen (secondary N) is 1. The van der Waals surface area contributed by atoms with Crippen LogP contribution in [0.25, 0.3) is 0 Å². The van der Waals surface area contributed by atoms with Crippen LogP contribution in [0.2, 0.25) is 0 Å². The molecule has 0 saturated carbocycles. The van der Waals surface area contributed by atoms with Gasteiger partial charge in [-0.1, -0.05) is 0 Å². The summed E-state index contributed by atoms with van der Waals surface area (Å²) < 4.78 is 6.99. The van der Waals surface area contributed by atoms with E-state index < -0.39 is 0 Å². The number of likely N-dealkylation sites (tertiary alicyclic amines) is 1. The number of anilines is 1. The summed E-state index contributed by atoms with van der Waals surface area (Å²) in [5.74, 6) is 0.639. The number of aryl methyl sites for hydroxylation is 1. The van der Waals surface area contributed by atoms with Crippen LogP contribution in [0.1, 0.15) is 12.8 Å². The van der Waals surface area contributed by atoms with Crippen molar-refractivity contribution in [1.29, 1.82) is 0 Å². The monoisotopic (exact) mass is 358 g/mol. The zero-order chi connectivity index (χ0) is 15.2. The van der Waals surface area contributed by atoms with Crippen LogP contribution in [-0.4, -0.2) is 54.6 Å². The fourth-order valence-corrected chi connectivity index (χ4v) is 3.02. The Balaban J connectivity index is 1.80. The lowest BCUT2D eigenvalue weighted by Crippen LogP contribution is -2.37. The molecule has 0 unspecified atom stereocenters. The average molecular weight is 359 g/mol. The van der Waals surface area contributed by atoms with Gasteiger partial charge in [0, 0.05) is 27.2 Å². The van der Waals surface area contributed by atoms with E-state index >= 15 is 0 Å². The van der Waals surface area contributed by atoms with Gasteiger partial charge in [0.1, 0.15) is 4.47 Å². The minimum atomic E-state index is -0.116. The van der Waals surface area contributed by atoms with E-state index in [9.17, 15) is 4.79 Å². The number of halogens is 1. The Kier molecular flexibility index (Phi) is 6.20. The highest BCUT2D eigenvalue weighted by Crippen LogP contribution is 2.20. The average Bonchev–Trinajstić information content (AvgIpc) is 2.51. The first-order chi connectivity index (χ1) is 10.1. The first-order valence-corrected chi connectivity index (χ1v) is 8.08. The fraction of sp³-hybridized carbons (Fsp3) is 0.714. The van der Waals surface area contributed by atoms with Crippen molar-refractivity contribution in [2.45, 2.75) is 12.8 Å². The Morgan fingerprint density at radius 1 is 1.48 bits per heavy atom. The molecule has 0 atom stereocenters. The molecule has 1 fully saturated rings. The summed E-state index contributed by atoms with van der Waals surface area (Å²) >= 11 is 3.34. The number of ether oxygens (including phenoxy) is 1. The lowest BCUT2D eigenvalue weighted by atomic mass is 9.97. The number of aromatic nitrogens is 2. The second-order valence-corrected chi connectivity index (χ2v) is 6.25. The second-order valence-electron chi connectivity index (χ2n) is 5.46. The van der Waals surface area contributed by atoms with E-state index in [1.807, 2.05) is 0 Å². The third-order valence-corrected chi connectivity index (χ3v) is 4.74. The number of methoxy groups -OCH3 is 1. The van der Waals surface area contributed by atoms with Gasteiger partial charge in [0.05, 0.1) is 18.5 Å². The summed E-state index contributed by atoms with van der Waals surface area (Å²) in [6.07, 6.45) is 4.04. The zero-order valence-electron chi connectivity index (χ0n) is 12.6. The van der Waals surface area contributed by atoms with Crippen molar-refractivity contribution in [3.8, 4) is 0 Å². The molecule has 1 N–H and O–H groups in total. The third kappa shape index (κ3) is 4.52. The lowest BCUT2D eigenvalue weighted by molar-refractivity contribution is 0.122. The van der Waals surface area contributed by atoms with E-state index in [0.717, 1.165) is 38.5 Å². The standard InChI is InChI=1S/C14H23BrN4O2/c1-18-14(20)13(15)12(10-17-18)16-9-11-3-5-19(6-4-11)7-8-21-2/h10-11,16H,3-9H2,1-2H3. The van der Waals surface area contributed by atoms with Crippen LogP contribution in [0.15, 0.2) is 15.5 Å². The van der Waals surface area contributed by atoms with Gasteiger partial charge in [-0.25, -0.2) is 4.68 Å². The van der Waals surface area contributed by atoms with Crippen LogP contribution in [0.5, 0.6) is 0 Å². The van der Waals surface area contributed by atoms with E-state index in [1.54, 1.807) is 20.4 Å². The predicted molar refractivity (Wildman–Crippen MR) is 86.7 cm³/mol. The van der Waals surface area contributed by atoms with Crippen molar-refractivity contribution in [3.63, 3.8) is 0 Å². The van der Waals surface area contributed by atoms with Crippen LogP contribution in [-0.2, 0) is 11.8 Å². The fourth-order valence-electron chi connectivity index (χ4n) is 2.52. The van der Waals surface area contributed by atoms with Crippen molar-refractivity contribution in [3.05, 3.63) is 21.0 Å². The van der Waals surface area contributed by atoms with Crippen LogP contribution < -0.4 is 10.9 Å². The molecule has 1 saturated heterocycles. The maximum Gasteiger partial charge on any atom is 0.282 e. The van der Waals surface area contributed by atoms with Gasteiger partial charge >= 0.3 is 0 Å². The summed E-state index contributed by atoms with van der Waals surface area (Å²) in [5, 5.41) is 7.38. The summed E-state index contributed by atoms with van der Waals surface area (Å²) in [6, 6.07) is 0. The molecule has 2 heterocycles. The highest BCUT2D eigenvalue weighted by atomic mass is 79.9. The molecule has 0 aromatic carbocycles. The quantitative estimate of drug-likeness (QED) is 0.830. The molecule has 1 aromatic heterocycles. The molecule has 1 aliphatic heterocycles. The molecule has 0 spiro atoms. The Morgan fingerprint density at radius 3 is 2.86 bits per heavy atom. The lowest BCUT2D eigenvalue weighted by Gasteiger charge is -2.31. The van der Waals surface area contributed by atoms with E-state index in [0.29, 0.717) is 10.4 Å². The third-order valence-electron chi connectivity index (χ3n) is 3.98. The molecule has 6 nitrogen and oxygen atoms in total. The number of rotatable bonds is 6. The molecule has 0 bridgehead atoms. The summed E-state index contributed by atoms with van der Waals surface area (Å²) in [7, 11) is 3.39. The topological polar surface area (TPSA) is 59.4 Å². The van der Waals surface area contributed by atoms with Crippen molar-refractivity contribution in [2.24, 2.45) is 13.0 Å². The first kappa shape index (κ1) is 16.5. The van der Waals surface area contributed by atoms with Gasteiger partial charge in [-0.05, 0) is 47.8 Å². The van der Waals surface area contributed by atoms with E-state index in [-0.39, 0.29) is 5.56 Å². The van der Waals surface area contributed by atoms with Gasteiger partial charge in [0.15, 0.2) is 0 Å². The molecule has 7 heteroatoms. The molecule has 21 heavy (non-hydrogen) atoms. The van der Waals surface area contributed by atoms with Crippen LogP contribution >= 0.6 is 15.9 Å². The van der Waals surface area contributed by atoms with E-state index in [2.05, 4.69) is 31.2 Å². The molecule has 0 amide bonds. The second kappa shape index (κ2) is 7.91. The Morgan fingerprint density at radius 2 is 2.19 bits per heavy atom. The minimum Gasteiger partial charge on any atom is -0.383 e. The molecule has 1 aromatic rings. The smallest absolute Gasteiger partial charge is 0.282 e. The Hall–Kier alpha value is -0.920. The maximum atomic E-state index is 11.8. The molecule has 0 aliphatic carbocycles. The largest absolute Gasteiger partial charge is 0.383 e. The normalized spacial score (nSPS) is 17.1. The molecule has 118 valence electrons. The van der Waals surface area contributed by atoms with E-state index in [4.69, 9.17) is 4.74 Å². The van der Waals surface area contributed by atoms with Crippen LogP contribution in [0, 0.1) is 5.92 Å². The summed E-state index contributed by atoms with van der Waals surface area (Å²) in [4.78, 5) is 14.2. The molecular weight excluding hydrogens is 336 g/mol. The van der Waals surface area contributed by atoms with Crippen molar-refractivity contribution in [1.82, 2.24) is 14.7 Å². The molecular formula is C14H23BrN4O2. The van der Waals surface area contributed by atoms with Gasteiger partial charge in [-0.3, -0.25) is 4.79 Å². The van der Waals surface area contributed by atoms with Crippen molar-refractivity contribution in [2.75, 3.05) is 45.2 Å². The number of hydrogen-bond acceptors (Lipinski definition) is 5. The summed E-state index contributed by atoms with van der Waals surface area (Å²) in [6.45, 7) is 4.93. The van der Waals surface area contributed by atoms with Gasteiger partial charge in [0.2, 0.25) is 0 Å². The number of piperidine rings is 1. The van der Waals surface area contributed by atoms with Gasteiger partial charge in [0.25, 0.3) is 5.56 Å². The minimum absolute atomic E-state index is 0.116. The summed E-state index contributed by atoms with van der Waals surface area (Å²) in [5.41, 5.74) is 0.661. The van der Waals surface area contributed by atoms with Crippen molar-refractivity contribution < 1.29 is 4.74 Å². The number of hydrogen-bond donors (Lipinski definition) is 1. The SMILES string of the molecule is COCCN1CCC(CNc2cnn(C)c(=O)c2Br)CC1. The Labute approximate surface area is 133 Å².